The van der Waals surface area contributed by atoms with E-state index < -0.39 is 0 Å². The highest BCUT2D eigenvalue weighted by Gasteiger charge is 2.47. The van der Waals surface area contributed by atoms with Crippen LogP contribution in [0.15, 0.2) is 34.9 Å². The first kappa shape index (κ1) is 19.1. The fraction of sp³-hybridized carbons (Fsp3) is 0.421. The molecule has 1 saturated carbocycles. The first-order chi connectivity index (χ1) is 13.0. The topological polar surface area (TPSA) is 55.3 Å². The van der Waals surface area contributed by atoms with Crippen molar-refractivity contribution in [2.45, 2.75) is 30.7 Å². The second kappa shape index (κ2) is 7.66. The van der Waals surface area contributed by atoms with Gasteiger partial charge in [-0.1, -0.05) is 23.7 Å². The van der Waals surface area contributed by atoms with E-state index in [4.69, 9.17) is 27.9 Å². The van der Waals surface area contributed by atoms with Crippen molar-refractivity contribution >= 4 is 50.7 Å². The number of halogens is 3. The summed E-state index contributed by atoms with van der Waals surface area (Å²) in [6.45, 7) is 1.47. The van der Waals surface area contributed by atoms with Crippen molar-refractivity contribution in [2.24, 2.45) is 0 Å². The lowest BCUT2D eigenvalue weighted by Gasteiger charge is -2.36. The number of rotatable bonds is 5. The maximum atomic E-state index is 13.2. The summed E-state index contributed by atoms with van der Waals surface area (Å²) in [5, 5.41) is 0.865. The van der Waals surface area contributed by atoms with Crippen LogP contribution in [0.5, 0.6) is 0 Å². The van der Waals surface area contributed by atoms with E-state index in [1.54, 1.807) is 6.20 Å². The molecule has 1 aliphatic carbocycles. The van der Waals surface area contributed by atoms with Gasteiger partial charge in [0.05, 0.1) is 17.7 Å². The SMILES string of the molecule is O=C(CC1(c2ccc(Cl)cc2)CC1)C1COCCN1c1nc(Cl)ncc1Br. The lowest BCUT2D eigenvalue weighted by atomic mass is 9.88. The molecule has 1 aromatic carbocycles. The Morgan fingerprint density at radius 2 is 2.04 bits per heavy atom. The molecule has 2 aromatic rings. The predicted molar refractivity (Wildman–Crippen MR) is 109 cm³/mol. The molecule has 5 nitrogen and oxygen atoms in total. The molecule has 1 unspecified atom stereocenters. The highest BCUT2D eigenvalue weighted by molar-refractivity contribution is 9.10. The summed E-state index contributed by atoms with van der Waals surface area (Å²) in [6, 6.07) is 7.44. The van der Waals surface area contributed by atoms with Gasteiger partial charge in [-0.15, -0.1) is 0 Å². The summed E-state index contributed by atoms with van der Waals surface area (Å²) in [7, 11) is 0. The highest BCUT2D eigenvalue weighted by Crippen LogP contribution is 2.51. The zero-order valence-electron chi connectivity index (χ0n) is 14.5. The van der Waals surface area contributed by atoms with Crippen LogP contribution in [0.1, 0.15) is 24.8 Å². The minimum absolute atomic E-state index is 0.0780. The van der Waals surface area contributed by atoms with E-state index in [1.165, 1.54) is 5.56 Å². The molecular formula is C19H18BrCl2N3O2. The van der Waals surface area contributed by atoms with E-state index in [0.717, 1.165) is 12.8 Å². The summed E-state index contributed by atoms with van der Waals surface area (Å²) >= 11 is 15.5. The van der Waals surface area contributed by atoms with Crippen LogP contribution in [0.25, 0.3) is 0 Å². The van der Waals surface area contributed by atoms with Crippen LogP contribution in [0.2, 0.25) is 10.3 Å². The number of anilines is 1. The molecule has 0 amide bonds. The van der Waals surface area contributed by atoms with Crippen LogP contribution in [0.4, 0.5) is 5.82 Å². The summed E-state index contributed by atoms with van der Waals surface area (Å²) in [6.07, 6.45) is 4.11. The van der Waals surface area contributed by atoms with Gasteiger partial charge >= 0.3 is 0 Å². The number of benzene rings is 1. The zero-order valence-corrected chi connectivity index (χ0v) is 17.6. The Morgan fingerprint density at radius 1 is 1.30 bits per heavy atom. The number of carbonyl (C=O) groups is 1. The molecule has 2 aliphatic rings. The maximum Gasteiger partial charge on any atom is 0.224 e. The largest absolute Gasteiger partial charge is 0.377 e. The van der Waals surface area contributed by atoms with Crippen molar-refractivity contribution < 1.29 is 9.53 Å². The van der Waals surface area contributed by atoms with E-state index in [9.17, 15) is 4.79 Å². The molecule has 0 bridgehead atoms. The minimum atomic E-state index is -0.384. The van der Waals surface area contributed by atoms with Gasteiger partial charge < -0.3 is 9.64 Å². The van der Waals surface area contributed by atoms with Crippen molar-refractivity contribution in [1.82, 2.24) is 9.97 Å². The zero-order chi connectivity index (χ0) is 19.0. The molecule has 8 heteroatoms. The fourth-order valence-electron chi connectivity index (χ4n) is 3.64. The Bertz CT molecular complexity index is 859. The predicted octanol–water partition coefficient (Wildman–Crippen LogP) is 4.44. The van der Waals surface area contributed by atoms with E-state index >= 15 is 0 Å². The van der Waals surface area contributed by atoms with E-state index in [1.807, 2.05) is 29.2 Å². The van der Waals surface area contributed by atoms with Crippen LogP contribution < -0.4 is 4.90 Å². The van der Waals surface area contributed by atoms with Gasteiger partial charge in [-0.2, -0.15) is 4.98 Å². The Morgan fingerprint density at radius 3 is 2.74 bits per heavy atom. The average molecular weight is 471 g/mol. The molecule has 1 saturated heterocycles. The minimum Gasteiger partial charge on any atom is -0.377 e. The number of carbonyl (C=O) groups excluding carboxylic acids is 1. The van der Waals surface area contributed by atoms with Crippen molar-refractivity contribution in [3.05, 3.63) is 50.8 Å². The molecular weight excluding hydrogens is 453 g/mol. The number of ether oxygens (including phenoxy) is 1. The maximum absolute atomic E-state index is 13.2. The summed E-state index contributed by atoms with van der Waals surface area (Å²) < 4.78 is 6.32. The molecule has 0 radical (unpaired) electrons. The number of aromatic nitrogens is 2. The van der Waals surface area contributed by atoms with Gasteiger partial charge in [0.1, 0.15) is 11.9 Å². The molecule has 142 valence electrons. The fourth-order valence-corrected chi connectivity index (χ4v) is 4.31. The number of nitrogens with zero attached hydrogens (tertiary/aromatic N) is 3. The van der Waals surface area contributed by atoms with Crippen LogP contribution in [-0.2, 0) is 14.9 Å². The summed E-state index contributed by atoms with van der Waals surface area (Å²) in [4.78, 5) is 23.5. The average Bonchev–Trinajstić information content (AvgIpc) is 3.45. The van der Waals surface area contributed by atoms with E-state index in [2.05, 4.69) is 25.9 Å². The molecule has 27 heavy (non-hydrogen) atoms. The summed E-state index contributed by atoms with van der Waals surface area (Å²) in [5.41, 5.74) is 1.10. The van der Waals surface area contributed by atoms with Crippen LogP contribution in [0.3, 0.4) is 0 Å². The third-order valence-corrected chi connectivity index (χ3v) is 6.28. The second-order valence-electron chi connectivity index (χ2n) is 7.02. The van der Waals surface area contributed by atoms with Gasteiger partial charge in [0.2, 0.25) is 5.28 Å². The highest BCUT2D eigenvalue weighted by atomic mass is 79.9. The van der Waals surface area contributed by atoms with Gasteiger partial charge in [0, 0.05) is 29.6 Å². The molecule has 2 fully saturated rings. The Hall–Kier alpha value is -1.21. The van der Waals surface area contributed by atoms with Crippen LogP contribution in [-0.4, -0.2) is 41.6 Å². The first-order valence-corrected chi connectivity index (χ1v) is 10.3. The molecule has 1 aromatic heterocycles. The van der Waals surface area contributed by atoms with Gasteiger partial charge in [-0.05, 0) is 58.1 Å². The number of ketones is 1. The van der Waals surface area contributed by atoms with Crippen molar-refractivity contribution in [3.63, 3.8) is 0 Å². The number of Topliss-reactive ketones (excluding diaryl/α,β-unsaturated/α-hetero) is 1. The van der Waals surface area contributed by atoms with Crippen molar-refractivity contribution in [2.75, 3.05) is 24.7 Å². The quantitative estimate of drug-likeness (QED) is 0.604. The Kier molecular flexibility index (Phi) is 5.43. The smallest absolute Gasteiger partial charge is 0.224 e. The van der Waals surface area contributed by atoms with Gasteiger partial charge in [0.25, 0.3) is 0 Å². The molecule has 2 heterocycles. The van der Waals surface area contributed by atoms with Crippen LogP contribution in [0, 0.1) is 0 Å². The van der Waals surface area contributed by atoms with Crippen LogP contribution >= 0.6 is 39.1 Å². The third kappa shape index (κ3) is 3.99. The summed E-state index contributed by atoms with van der Waals surface area (Å²) in [5.74, 6) is 0.789. The standard InChI is InChI=1S/C19H18BrCl2N3O2/c20-14-10-23-18(22)24-17(14)25-7-8-27-11-15(25)16(26)9-19(5-6-19)12-1-3-13(21)4-2-12/h1-4,10,15H,5-9,11H2. The lowest BCUT2D eigenvalue weighted by Crippen LogP contribution is -2.51. The molecule has 1 atom stereocenters. The molecule has 0 spiro atoms. The number of morpholine rings is 1. The molecule has 0 N–H and O–H groups in total. The number of hydrogen-bond acceptors (Lipinski definition) is 5. The third-order valence-electron chi connectivity index (χ3n) is 5.29. The lowest BCUT2D eigenvalue weighted by molar-refractivity contribution is -0.123. The van der Waals surface area contributed by atoms with Crippen molar-refractivity contribution in [3.8, 4) is 0 Å². The van der Waals surface area contributed by atoms with E-state index in [0.29, 0.717) is 41.5 Å². The Labute approximate surface area is 176 Å². The second-order valence-corrected chi connectivity index (χ2v) is 8.65. The van der Waals surface area contributed by atoms with Gasteiger partial charge in [-0.3, -0.25) is 4.79 Å². The normalized spacial score (nSPS) is 21.1. The monoisotopic (exact) mass is 469 g/mol. The molecule has 1 aliphatic heterocycles. The number of hydrogen-bond donors (Lipinski definition) is 0. The van der Waals surface area contributed by atoms with Crippen molar-refractivity contribution in [1.29, 1.82) is 0 Å². The first-order valence-electron chi connectivity index (χ1n) is 8.80. The molecule has 4 rings (SSSR count). The van der Waals surface area contributed by atoms with Gasteiger partial charge in [0.15, 0.2) is 5.78 Å². The Balaban J connectivity index is 1.56. The van der Waals surface area contributed by atoms with Gasteiger partial charge in [-0.25, -0.2) is 4.98 Å². The van der Waals surface area contributed by atoms with E-state index in [-0.39, 0.29) is 22.5 Å².